The van der Waals surface area contributed by atoms with E-state index in [1.165, 1.54) is 11.1 Å². The number of rotatable bonds is 5. The number of aromatic nitrogens is 1. The van der Waals surface area contributed by atoms with Crippen molar-refractivity contribution in [2.24, 2.45) is 0 Å². The number of carbonyl (C=O) groups excluding carboxylic acids is 1. The van der Waals surface area contributed by atoms with Crippen LogP contribution in [0.1, 0.15) is 17.3 Å². The monoisotopic (exact) mass is 303 g/mol. The molecule has 0 aliphatic heterocycles. The average Bonchev–Trinajstić information content (AvgIpc) is 2.50. The van der Waals surface area contributed by atoms with Crippen LogP contribution in [0.5, 0.6) is 0 Å². The lowest BCUT2D eigenvalue weighted by Crippen LogP contribution is -2.09. The van der Waals surface area contributed by atoms with Crippen LogP contribution in [-0.4, -0.2) is 23.8 Å². The second kappa shape index (κ2) is 6.99. The molecule has 0 unspecified atom stereocenters. The van der Waals surface area contributed by atoms with Crippen molar-refractivity contribution in [2.45, 2.75) is 11.8 Å². The third kappa shape index (κ3) is 3.88. The van der Waals surface area contributed by atoms with Crippen LogP contribution in [0.4, 0.5) is 17.2 Å². The summed E-state index contributed by atoms with van der Waals surface area (Å²) >= 11 is 1.68. The summed E-state index contributed by atoms with van der Waals surface area (Å²) in [6.45, 7) is 2.06. The molecule has 6 heteroatoms. The van der Waals surface area contributed by atoms with Gasteiger partial charge in [-0.05, 0) is 43.5 Å². The van der Waals surface area contributed by atoms with Crippen LogP contribution in [0.3, 0.4) is 0 Å². The van der Waals surface area contributed by atoms with Gasteiger partial charge in [-0.3, -0.25) is 0 Å². The van der Waals surface area contributed by atoms with E-state index in [1.54, 1.807) is 24.8 Å². The van der Waals surface area contributed by atoms with Gasteiger partial charge in [0.15, 0.2) is 0 Å². The van der Waals surface area contributed by atoms with Crippen molar-refractivity contribution in [3.8, 4) is 0 Å². The first-order chi connectivity index (χ1) is 10.1. The zero-order valence-corrected chi connectivity index (χ0v) is 12.7. The molecule has 0 aliphatic carbocycles. The van der Waals surface area contributed by atoms with E-state index in [2.05, 4.69) is 10.3 Å². The molecule has 0 saturated heterocycles. The molecule has 2 aromatic rings. The Balaban J connectivity index is 2.20. The maximum Gasteiger partial charge on any atom is 0.340 e. The highest BCUT2D eigenvalue weighted by Crippen LogP contribution is 2.22. The minimum Gasteiger partial charge on any atom is -0.462 e. The lowest BCUT2D eigenvalue weighted by atomic mass is 10.2. The summed E-state index contributed by atoms with van der Waals surface area (Å²) in [6, 6.07) is 9.52. The summed E-state index contributed by atoms with van der Waals surface area (Å²) in [5.74, 6) is 0.0994. The molecule has 0 bridgehead atoms. The SMILES string of the molecule is CCOC(=O)c1cc(Nc2ccc(SC)cc2)ncc1N. The van der Waals surface area contributed by atoms with Gasteiger partial charge in [0, 0.05) is 10.6 Å². The van der Waals surface area contributed by atoms with Gasteiger partial charge in [0.1, 0.15) is 5.82 Å². The highest BCUT2D eigenvalue weighted by Gasteiger charge is 2.12. The lowest BCUT2D eigenvalue weighted by Gasteiger charge is -2.09. The van der Waals surface area contributed by atoms with Gasteiger partial charge in [-0.15, -0.1) is 11.8 Å². The fourth-order valence-electron chi connectivity index (χ4n) is 1.74. The molecular weight excluding hydrogens is 286 g/mol. The van der Waals surface area contributed by atoms with Crippen LogP contribution >= 0.6 is 11.8 Å². The maximum absolute atomic E-state index is 11.8. The molecule has 110 valence electrons. The minimum atomic E-state index is -0.446. The fraction of sp³-hybridized carbons (Fsp3) is 0.200. The first-order valence-electron chi connectivity index (χ1n) is 6.47. The molecule has 1 heterocycles. The second-order valence-electron chi connectivity index (χ2n) is 4.23. The van der Waals surface area contributed by atoms with Crippen LogP contribution in [0.2, 0.25) is 0 Å². The molecule has 3 N–H and O–H groups in total. The van der Waals surface area contributed by atoms with Crippen LogP contribution in [0.15, 0.2) is 41.4 Å². The van der Waals surface area contributed by atoms with Crippen molar-refractivity contribution >= 4 is 34.9 Å². The number of nitrogens with two attached hydrogens (primary N) is 1. The van der Waals surface area contributed by atoms with Gasteiger partial charge in [-0.1, -0.05) is 0 Å². The molecule has 0 radical (unpaired) electrons. The van der Waals surface area contributed by atoms with E-state index in [-0.39, 0.29) is 0 Å². The van der Waals surface area contributed by atoms with Crippen molar-refractivity contribution < 1.29 is 9.53 Å². The normalized spacial score (nSPS) is 10.2. The Bertz CT molecular complexity index is 629. The molecule has 0 saturated carbocycles. The summed E-state index contributed by atoms with van der Waals surface area (Å²) in [5.41, 5.74) is 7.26. The van der Waals surface area contributed by atoms with Crippen LogP contribution < -0.4 is 11.1 Å². The predicted octanol–water partition coefficient (Wildman–Crippen LogP) is 3.31. The molecule has 21 heavy (non-hydrogen) atoms. The van der Waals surface area contributed by atoms with E-state index in [4.69, 9.17) is 10.5 Å². The lowest BCUT2D eigenvalue weighted by molar-refractivity contribution is 0.0527. The van der Waals surface area contributed by atoms with Crippen molar-refractivity contribution in [3.63, 3.8) is 0 Å². The van der Waals surface area contributed by atoms with Gasteiger partial charge in [-0.2, -0.15) is 0 Å². The van der Waals surface area contributed by atoms with Gasteiger partial charge in [0.05, 0.1) is 24.1 Å². The highest BCUT2D eigenvalue weighted by atomic mass is 32.2. The first-order valence-corrected chi connectivity index (χ1v) is 7.70. The molecule has 1 aromatic carbocycles. The molecule has 5 nitrogen and oxygen atoms in total. The Kier molecular flexibility index (Phi) is 5.05. The standard InChI is InChI=1S/C15H17N3O2S/c1-3-20-15(19)12-8-14(17-9-13(12)16)18-10-4-6-11(21-2)7-5-10/h4-9H,3,16H2,1-2H3,(H,17,18). The smallest absolute Gasteiger partial charge is 0.340 e. The summed E-state index contributed by atoms with van der Waals surface area (Å²) in [6.07, 6.45) is 3.47. The van der Waals surface area contributed by atoms with E-state index in [9.17, 15) is 4.79 Å². The summed E-state index contributed by atoms with van der Waals surface area (Å²) in [4.78, 5) is 17.1. The zero-order valence-electron chi connectivity index (χ0n) is 11.9. The Hall–Kier alpha value is -2.21. The number of pyridine rings is 1. The van der Waals surface area contributed by atoms with Crippen molar-refractivity contribution in [3.05, 3.63) is 42.1 Å². The Morgan fingerprint density at radius 3 is 2.71 bits per heavy atom. The third-order valence-corrected chi connectivity index (χ3v) is 3.54. The van der Waals surface area contributed by atoms with Crippen molar-refractivity contribution in [2.75, 3.05) is 23.9 Å². The van der Waals surface area contributed by atoms with E-state index in [0.717, 1.165) is 5.69 Å². The van der Waals surface area contributed by atoms with Crippen molar-refractivity contribution in [1.82, 2.24) is 4.98 Å². The number of thioether (sulfide) groups is 1. The molecule has 1 aromatic heterocycles. The summed E-state index contributed by atoms with van der Waals surface area (Å²) in [5, 5.41) is 3.14. The number of hydrogen-bond donors (Lipinski definition) is 2. The molecule has 2 rings (SSSR count). The van der Waals surface area contributed by atoms with Gasteiger partial charge in [0.2, 0.25) is 0 Å². The topological polar surface area (TPSA) is 77.2 Å². The Morgan fingerprint density at radius 2 is 2.10 bits per heavy atom. The van der Waals surface area contributed by atoms with Gasteiger partial charge in [0.25, 0.3) is 0 Å². The van der Waals surface area contributed by atoms with E-state index in [0.29, 0.717) is 23.7 Å². The van der Waals surface area contributed by atoms with Crippen LogP contribution in [0, 0.1) is 0 Å². The number of esters is 1. The first kappa shape index (κ1) is 15.2. The zero-order chi connectivity index (χ0) is 15.2. The Labute approximate surface area is 127 Å². The van der Waals surface area contributed by atoms with E-state index in [1.807, 2.05) is 30.5 Å². The third-order valence-electron chi connectivity index (χ3n) is 2.79. The average molecular weight is 303 g/mol. The van der Waals surface area contributed by atoms with Gasteiger partial charge in [-0.25, -0.2) is 9.78 Å². The predicted molar refractivity (Wildman–Crippen MR) is 86.1 cm³/mol. The van der Waals surface area contributed by atoms with Crippen LogP contribution in [-0.2, 0) is 4.74 Å². The number of carbonyl (C=O) groups is 1. The minimum absolute atomic E-state index is 0.303. The van der Waals surface area contributed by atoms with E-state index < -0.39 is 5.97 Å². The second-order valence-corrected chi connectivity index (χ2v) is 5.11. The molecular formula is C15H17N3O2S. The largest absolute Gasteiger partial charge is 0.462 e. The number of nitrogen functional groups attached to an aromatic ring is 1. The van der Waals surface area contributed by atoms with Crippen LogP contribution in [0.25, 0.3) is 0 Å². The van der Waals surface area contributed by atoms with Gasteiger partial charge >= 0.3 is 5.97 Å². The molecule has 0 fully saturated rings. The maximum atomic E-state index is 11.8. The van der Waals surface area contributed by atoms with Crippen molar-refractivity contribution in [1.29, 1.82) is 0 Å². The number of hydrogen-bond acceptors (Lipinski definition) is 6. The quantitative estimate of drug-likeness (QED) is 0.652. The fourth-order valence-corrected chi connectivity index (χ4v) is 2.15. The highest BCUT2D eigenvalue weighted by molar-refractivity contribution is 7.98. The summed E-state index contributed by atoms with van der Waals surface area (Å²) in [7, 11) is 0. The molecule has 0 atom stereocenters. The number of anilines is 3. The molecule has 0 aliphatic rings. The number of nitrogens with zero attached hydrogens (tertiary/aromatic N) is 1. The molecule has 0 spiro atoms. The summed E-state index contributed by atoms with van der Waals surface area (Å²) < 4.78 is 4.97. The van der Waals surface area contributed by atoms with E-state index >= 15 is 0 Å². The van der Waals surface area contributed by atoms with Gasteiger partial charge < -0.3 is 15.8 Å². The number of benzene rings is 1. The molecule has 0 amide bonds. The Morgan fingerprint density at radius 1 is 1.38 bits per heavy atom. The number of nitrogens with one attached hydrogen (secondary N) is 1. The number of ether oxygens (including phenoxy) is 1.